The Hall–Kier alpha value is -2.85. The van der Waals surface area contributed by atoms with Crippen molar-refractivity contribution in [2.24, 2.45) is 0 Å². The molecule has 150 valence electrons. The zero-order chi connectivity index (χ0) is 20.7. The van der Waals surface area contributed by atoms with Crippen LogP contribution in [0.5, 0.6) is 0 Å². The van der Waals surface area contributed by atoms with Gasteiger partial charge in [0.05, 0.1) is 16.1 Å². The molecule has 0 saturated carbocycles. The Balaban J connectivity index is 2.00. The van der Waals surface area contributed by atoms with Crippen molar-refractivity contribution in [3.05, 3.63) is 59.7 Å². The summed E-state index contributed by atoms with van der Waals surface area (Å²) >= 11 is 0. The van der Waals surface area contributed by atoms with E-state index in [2.05, 4.69) is 10.0 Å². The van der Waals surface area contributed by atoms with Crippen LogP contribution in [0.2, 0.25) is 0 Å². The first-order chi connectivity index (χ1) is 13.2. The molecule has 28 heavy (non-hydrogen) atoms. The number of anilines is 1. The normalized spacial score (nSPS) is 11.1. The molecular formula is C18H18F2N2O5S. The minimum absolute atomic E-state index is 0.0795. The summed E-state index contributed by atoms with van der Waals surface area (Å²) in [7, 11) is -3.77. The molecule has 0 aliphatic heterocycles. The fraction of sp³-hybridized carbons (Fsp3) is 0.222. The molecule has 0 atom stereocenters. The summed E-state index contributed by atoms with van der Waals surface area (Å²) in [5, 5.41) is 2.08. The Bertz CT molecular complexity index is 980. The zero-order valence-corrected chi connectivity index (χ0v) is 15.7. The van der Waals surface area contributed by atoms with Crippen molar-refractivity contribution in [2.75, 3.05) is 18.5 Å². The smallest absolute Gasteiger partial charge is 0.338 e. The summed E-state index contributed by atoms with van der Waals surface area (Å²) in [6.07, 6.45) is 0.599. The number of esters is 1. The molecule has 0 aliphatic carbocycles. The molecule has 2 aromatic carbocycles. The first-order valence-corrected chi connectivity index (χ1v) is 9.73. The number of halogens is 2. The summed E-state index contributed by atoms with van der Waals surface area (Å²) in [6, 6.07) is 7.63. The molecule has 7 nitrogen and oxygen atoms in total. The van der Waals surface area contributed by atoms with E-state index in [1.807, 2.05) is 0 Å². The van der Waals surface area contributed by atoms with Crippen molar-refractivity contribution in [3.63, 3.8) is 0 Å². The predicted molar refractivity (Wildman–Crippen MR) is 97.2 cm³/mol. The van der Waals surface area contributed by atoms with Crippen molar-refractivity contribution in [1.82, 2.24) is 4.72 Å². The molecule has 0 radical (unpaired) electrons. The van der Waals surface area contributed by atoms with E-state index in [1.165, 1.54) is 18.2 Å². The molecular weight excluding hydrogens is 394 g/mol. The fourth-order valence-electron chi connectivity index (χ4n) is 2.10. The highest BCUT2D eigenvalue weighted by molar-refractivity contribution is 7.89. The highest BCUT2D eigenvalue weighted by Gasteiger charge is 2.17. The van der Waals surface area contributed by atoms with Crippen molar-refractivity contribution in [2.45, 2.75) is 18.2 Å². The van der Waals surface area contributed by atoms with Crippen LogP contribution in [-0.2, 0) is 19.6 Å². The average molecular weight is 412 g/mol. The summed E-state index contributed by atoms with van der Waals surface area (Å²) in [6.45, 7) is 1.28. The van der Waals surface area contributed by atoms with Gasteiger partial charge in [0.15, 0.2) is 6.61 Å². The first-order valence-electron chi connectivity index (χ1n) is 8.24. The van der Waals surface area contributed by atoms with E-state index in [1.54, 1.807) is 6.92 Å². The van der Waals surface area contributed by atoms with E-state index >= 15 is 0 Å². The number of amides is 1. The van der Waals surface area contributed by atoms with Gasteiger partial charge in [0, 0.05) is 12.6 Å². The summed E-state index contributed by atoms with van der Waals surface area (Å²) in [5.41, 5.74) is -0.472. The number of ether oxygens (including phenoxy) is 1. The van der Waals surface area contributed by atoms with Crippen LogP contribution >= 0.6 is 0 Å². The molecule has 0 aromatic heterocycles. The third-order valence-corrected chi connectivity index (χ3v) is 4.92. The predicted octanol–water partition coefficient (Wildman–Crippen LogP) is 2.45. The van der Waals surface area contributed by atoms with Gasteiger partial charge < -0.3 is 10.1 Å². The average Bonchev–Trinajstić information content (AvgIpc) is 2.67. The molecule has 0 saturated heterocycles. The molecule has 0 aliphatic rings. The minimum atomic E-state index is -3.77. The molecule has 0 fully saturated rings. The topological polar surface area (TPSA) is 102 Å². The van der Waals surface area contributed by atoms with Crippen molar-refractivity contribution >= 4 is 27.6 Å². The third-order valence-electron chi connectivity index (χ3n) is 3.46. The summed E-state index contributed by atoms with van der Waals surface area (Å²) in [5.74, 6) is -3.42. The number of nitrogens with one attached hydrogen (secondary N) is 2. The fourth-order valence-corrected chi connectivity index (χ4v) is 3.28. The second-order valence-corrected chi connectivity index (χ2v) is 7.44. The molecule has 0 unspecified atom stereocenters. The van der Waals surface area contributed by atoms with E-state index in [0.717, 1.165) is 24.3 Å². The third kappa shape index (κ3) is 5.83. The Labute approximate surface area is 160 Å². The van der Waals surface area contributed by atoms with Gasteiger partial charge in [0.1, 0.15) is 11.6 Å². The largest absolute Gasteiger partial charge is 0.452 e. The molecule has 0 heterocycles. The maximum Gasteiger partial charge on any atom is 0.338 e. The van der Waals surface area contributed by atoms with Crippen LogP contribution in [0.15, 0.2) is 47.4 Å². The maximum atomic E-state index is 13.5. The van der Waals surface area contributed by atoms with E-state index in [0.29, 0.717) is 6.42 Å². The van der Waals surface area contributed by atoms with E-state index < -0.39 is 45.8 Å². The number of carbonyl (C=O) groups excluding carboxylic acids is 2. The van der Waals surface area contributed by atoms with Gasteiger partial charge in [-0.15, -0.1) is 0 Å². The van der Waals surface area contributed by atoms with Gasteiger partial charge in [0.25, 0.3) is 5.91 Å². The van der Waals surface area contributed by atoms with Crippen molar-refractivity contribution in [1.29, 1.82) is 0 Å². The summed E-state index contributed by atoms with van der Waals surface area (Å²) in [4.78, 5) is 23.7. The number of sulfonamides is 1. The molecule has 1 amide bonds. The quantitative estimate of drug-likeness (QED) is 0.649. The van der Waals surface area contributed by atoms with Gasteiger partial charge in [0.2, 0.25) is 10.0 Å². The Kier molecular flexibility index (Phi) is 7.18. The Morgan fingerprint density at radius 1 is 1.11 bits per heavy atom. The van der Waals surface area contributed by atoms with Crippen molar-refractivity contribution in [3.8, 4) is 0 Å². The zero-order valence-electron chi connectivity index (χ0n) is 14.9. The van der Waals surface area contributed by atoms with Crippen LogP contribution in [0.25, 0.3) is 0 Å². The van der Waals surface area contributed by atoms with Crippen LogP contribution in [0.3, 0.4) is 0 Å². The highest BCUT2D eigenvalue weighted by Crippen LogP contribution is 2.15. The highest BCUT2D eigenvalue weighted by atomic mass is 32.2. The second kappa shape index (κ2) is 9.38. The summed E-state index contributed by atoms with van der Waals surface area (Å²) < 4.78 is 57.9. The lowest BCUT2D eigenvalue weighted by atomic mass is 10.2. The monoisotopic (exact) mass is 412 g/mol. The lowest BCUT2D eigenvalue weighted by molar-refractivity contribution is -0.119. The number of rotatable bonds is 8. The van der Waals surface area contributed by atoms with Gasteiger partial charge in [-0.1, -0.05) is 13.0 Å². The number of benzene rings is 2. The molecule has 0 spiro atoms. The lowest BCUT2D eigenvalue weighted by Crippen LogP contribution is -2.25. The van der Waals surface area contributed by atoms with Crippen molar-refractivity contribution < 1.29 is 31.5 Å². The van der Waals surface area contributed by atoms with Gasteiger partial charge in [-0.2, -0.15) is 0 Å². The van der Waals surface area contributed by atoms with Crippen LogP contribution < -0.4 is 10.0 Å². The lowest BCUT2D eigenvalue weighted by Gasteiger charge is -2.09. The first kappa shape index (κ1) is 21.5. The standard InChI is InChI=1S/C18H18F2N2O5S/c1-2-8-21-28(25,26)14-5-3-4-12(9-14)18(24)27-11-17(23)22-16-10-13(19)6-7-15(16)20/h3-7,9-10,21H,2,8,11H2,1H3,(H,22,23). The maximum absolute atomic E-state index is 13.5. The number of hydrogen-bond donors (Lipinski definition) is 2. The Morgan fingerprint density at radius 3 is 2.57 bits per heavy atom. The van der Waals surface area contributed by atoms with Crippen LogP contribution in [-0.4, -0.2) is 33.4 Å². The number of carbonyl (C=O) groups is 2. The van der Waals surface area contributed by atoms with Gasteiger partial charge in [-0.05, 0) is 36.8 Å². The van der Waals surface area contributed by atoms with Gasteiger partial charge in [-0.25, -0.2) is 26.7 Å². The molecule has 2 N–H and O–H groups in total. The SMILES string of the molecule is CCCNS(=O)(=O)c1cccc(C(=O)OCC(=O)Nc2cc(F)ccc2F)c1. The molecule has 0 bridgehead atoms. The minimum Gasteiger partial charge on any atom is -0.452 e. The molecule has 2 aromatic rings. The van der Waals surface area contributed by atoms with E-state index in [4.69, 9.17) is 4.74 Å². The Morgan fingerprint density at radius 2 is 1.86 bits per heavy atom. The van der Waals surface area contributed by atoms with Gasteiger partial charge >= 0.3 is 5.97 Å². The van der Waals surface area contributed by atoms with Gasteiger partial charge in [-0.3, -0.25) is 4.79 Å². The number of hydrogen-bond acceptors (Lipinski definition) is 5. The molecule has 10 heteroatoms. The van der Waals surface area contributed by atoms with E-state index in [9.17, 15) is 26.8 Å². The molecule has 2 rings (SSSR count). The second-order valence-electron chi connectivity index (χ2n) is 5.67. The van der Waals surface area contributed by atoms with Crippen LogP contribution in [0, 0.1) is 11.6 Å². The van der Waals surface area contributed by atoms with Crippen LogP contribution in [0.4, 0.5) is 14.5 Å². The van der Waals surface area contributed by atoms with Crippen LogP contribution in [0.1, 0.15) is 23.7 Å². The van der Waals surface area contributed by atoms with E-state index in [-0.39, 0.29) is 17.0 Å².